The van der Waals surface area contributed by atoms with Crippen LogP contribution in [-0.4, -0.2) is 23.3 Å². The van der Waals surface area contributed by atoms with E-state index in [1.54, 1.807) is 18.3 Å². The third kappa shape index (κ3) is 5.04. The Labute approximate surface area is 115 Å². The van der Waals surface area contributed by atoms with Gasteiger partial charge in [-0.1, -0.05) is 6.92 Å². The lowest BCUT2D eigenvalue weighted by atomic mass is 10.1. The van der Waals surface area contributed by atoms with Gasteiger partial charge in [-0.15, -0.1) is 11.6 Å². The third-order valence-electron chi connectivity index (χ3n) is 2.40. The predicted octanol–water partition coefficient (Wildman–Crippen LogP) is 3.23. The molecule has 0 radical (unpaired) electrons. The topological polar surface area (TPSA) is 42.0 Å². The van der Waals surface area contributed by atoms with Crippen LogP contribution in [0.1, 0.15) is 30.3 Å². The van der Waals surface area contributed by atoms with Crippen molar-refractivity contribution in [3.05, 3.63) is 28.5 Å². The number of rotatable bonds is 6. The van der Waals surface area contributed by atoms with Crippen LogP contribution >= 0.6 is 27.5 Å². The molecule has 94 valence electrons. The highest BCUT2D eigenvalue weighted by Crippen LogP contribution is 2.13. The summed E-state index contributed by atoms with van der Waals surface area (Å²) in [4.78, 5) is 15.8. The lowest BCUT2D eigenvalue weighted by Crippen LogP contribution is -2.26. The molecular formula is C12H16BrClN2O. The first-order chi connectivity index (χ1) is 8.15. The van der Waals surface area contributed by atoms with Crippen LogP contribution in [-0.2, 0) is 0 Å². The van der Waals surface area contributed by atoms with Gasteiger partial charge in [0.15, 0.2) is 0 Å². The zero-order chi connectivity index (χ0) is 12.7. The Balaban J connectivity index is 2.33. The van der Waals surface area contributed by atoms with Crippen molar-refractivity contribution in [2.75, 3.05) is 12.4 Å². The summed E-state index contributed by atoms with van der Waals surface area (Å²) in [5.41, 5.74) is 0.429. The number of amides is 1. The molecular weight excluding hydrogens is 304 g/mol. The Bertz CT molecular complexity index is 373. The van der Waals surface area contributed by atoms with Crippen LogP contribution in [0.25, 0.3) is 0 Å². The number of pyridine rings is 1. The smallest absolute Gasteiger partial charge is 0.271 e. The summed E-state index contributed by atoms with van der Waals surface area (Å²) in [5, 5.41) is 2.84. The van der Waals surface area contributed by atoms with Crippen molar-refractivity contribution in [2.45, 2.75) is 19.8 Å². The summed E-state index contributed by atoms with van der Waals surface area (Å²) in [7, 11) is 0. The maximum atomic E-state index is 11.8. The second-order valence-electron chi connectivity index (χ2n) is 3.99. The van der Waals surface area contributed by atoms with E-state index in [1.807, 2.05) is 0 Å². The first kappa shape index (κ1) is 14.5. The van der Waals surface area contributed by atoms with Crippen molar-refractivity contribution in [3.63, 3.8) is 0 Å². The van der Waals surface area contributed by atoms with E-state index in [-0.39, 0.29) is 5.91 Å². The number of nitrogens with zero attached hydrogens (tertiary/aromatic N) is 1. The van der Waals surface area contributed by atoms with Gasteiger partial charge in [-0.25, -0.2) is 4.98 Å². The number of hydrogen-bond acceptors (Lipinski definition) is 2. The summed E-state index contributed by atoms with van der Waals surface area (Å²) in [5.74, 6) is 1.02. The summed E-state index contributed by atoms with van der Waals surface area (Å²) >= 11 is 9.01. The highest BCUT2D eigenvalue weighted by atomic mass is 79.9. The summed E-state index contributed by atoms with van der Waals surface area (Å²) < 4.78 is 0.714. The lowest BCUT2D eigenvalue weighted by molar-refractivity contribution is 0.0947. The van der Waals surface area contributed by atoms with Crippen LogP contribution in [0.3, 0.4) is 0 Å². The Morgan fingerprint density at radius 3 is 3.06 bits per heavy atom. The van der Waals surface area contributed by atoms with Crippen molar-refractivity contribution in [2.24, 2.45) is 5.92 Å². The Morgan fingerprint density at radius 2 is 2.41 bits per heavy atom. The number of hydrogen-bond donors (Lipinski definition) is 1. The molecule has 0 saturated heterocycles. The molecule has 0 saturated carbocycles. The van der Waals surface area contributed by atoms with Crippen LogP contribution in [0.2, 0.25) is 0 Å². The molecule has 5 heteroatoms. The fraction of sp³-hybridized carbons (Fsp3) is 0.500. The molecule has 1 rings (SSSR count). The molecule has 0 fully saturated rings. The molecule has 0 spiro atoms. The number of carbonyl (C=O) groups is 1. The SMILES string of the molecule is CC(CCl)CCCNC(=O)c1ncccc1Br. The zero-order valence-corrected chi connectivity index (χ0v) is 12.1. The monoisotopic (exact) mass is 318 g/mol. The van der Waals surface area contributed by atoms with E-state index >= 15 is 0 Å². The first-order valence-electron chi connectivity index (χ1n) is 5.59. The van der Waals surface area contributed by atoms with Crippen LogP contribution in [0.15, 0.2) is 22.8 Å². The van der Waals surface area contributed by atoms with Crippen molar-refractivity contribution in [1.82, 2.24) is 10.3 Å². The summed E-state index contributed by atoms with van der Waals surface area (Å²) in [6.07, 6.45) is 3.56. The molecule has 1 aromatic rings. The number of nitrogens with one attached hydrogen (secondary N) is 1. The van der Waals surface area contributed by atoms with Crippen molar-refractivity contribution < 1.29 is 4.79 Å². The van der Waals surface area contributed by atoms with Crippen LogP contribution in [0.5, 0.6) is 0 Å². The molecule has 0 aromatic carbocycles. The van der Waals surface area contributed by atoms with Crippen LogP contribution < -0.4 is 5.32 Å². The number of alkyl halides is 1. The molecule has 0 aliphatic carbocycles. The van der Waals surface area contributed by atoms with E-state index in [4.69, 9.17) is 11.6 Å². The van der Waals surface area contributed by atoms with E-state index in [0.717, 1.165) is 12.8 Å². The highest BCUT2D eigenvalue weighted by molar-refractivity contribution is 9.10. The normalized spacial score (nSPS) is 12.2. The molecule has 17 heavy (non-hydrogen) atoms. The zero-order valence-electron chi connectivity index (χ0n) is 9.75. The van der Waals surface area contributed by atoms with Crippen molar-refractivity contribution in [1.29, 1.82) is 0 Å². The number of aromatic nitrogens is 1. The first-order valence-corrected chi connectivity index (χ1v) is 6.92. The standard InChI is InChI=1S/C12H16BrClN2O/c1-9(8-14)4-2-7-16-12(17)11-10(13)5-3-6-15-11/h3,5-6,9H,2,4,7-8H2,1H3,(H,16,17). The summed E-state index contributed by atoms with van der Waals surface area (Å²) in [6.45, 7) is 2.76. The second kappa shape index (κ2) is 7.67. The quantitative estimate of drug-likeness (QED) is 0.646. The predicted molar refractivity (Wildman–Crippen MR) is 73.4 cm³/mol. The van der Waals surface area contributed by atoms with E-state index < -0.39 is 0 Å². The van der Waals surface area contributed by atoms with Gasteiger partial charge in [0.05, 0.1) is 0 Å². The van der Waals surface area contributed by atoms with Crippen LogP contribution in [0, 0.1) is 5.92 Å². The average Bonchev–Trinajstić information content (AvgIpc) is 2.34. The highest BCUT2D eigenvalue weighted by Gasteiger charge is 2.10. The molecule has 3 nitrogen and oxygen atoms in total. The molecule has 1 heterocycles. The van der Waals surface area contributed by atoms with E-state index in [9.17, 15) is 4.79 Å². The minimum Gasteiger partial charge on any atom is -0.351 e. The average molecular weight is 320 g/mol. The van der Waals surface area contributed by atoms with Crippen LogP contribution in [0.4, 0.5) is 0 Å². The van der Waals surface area contributed by atoms with Gasteiger partial charge < -0.3 is 5.32 Å². The van der Waals surface area contributed by atoms with Gasteiger partial charge in [0.25, 0.3) is 5.91 Å². The van der Waals surface area contributed by atoms with Crippen molar-refractivity contribution in [3.8, 4) is 0 Å². The fourth-order valence-corrected chi connectivity index (χ4v) is 1.96. The van der Waals surface area contributed by atoms with Gasteiger partial charge >= 0.3 is 0 Å². The minimum absolute atomic E-state index is 0.143. The summed E-state index contributed by atoms with van der Waals surface area (Å²) in [6, 6.07) is 3.58. The maximum Gasteiger partial charge on any atom is 0.271 e. The molecule has 0 aliphatic rings. The van der Waals surface area contributed by atoms with Gasteiger partial charge in [-0.3, -0.25) is 4.79 Å². The van der Waals surface area contributed by atoms with Gasteiger partial charge in [0.2, 0.25) is 0 Å². The third-order valence-corrected chi connectivity index (χ3v) is 3.56. The molecule has 1 N–H and O–H groups in total. The second-order valence-corrected chi connectivity index (χ2v) is 5.15. The maximum absolute atomic E-state index is 11.8. The Hall–Kier alpha value is -0.610. The Morgan fingerprint density at radius 1 is 1.65 bits per heavy atom. The van der Waals surface area contributed by atoms with Gasteiger partial charge in [-0.05, 0) is 46.8 Å². The molecule has 1 atom stereocenters. The number of carbonyl (C=O) groups excluding carboxylic acids is 1. The molecule has 1 amide bonds. The van der Waals surface area contributed by atoms with Gasteiger partial charge in [0, 0.05) is 23.1 Å². The lowest BCUT2D eigenvalue weighted by Gasteiger charge is -2.08. The molecule has 1 unspecified atom stereocenters. The largest absolute Gasteiger partial charge is 0.351 e. The van der Waals surface area contributed by atoms with Gasteiger partial charge in [0.1, 0.15) is 5.69 Å². The van der Waals surface area contributed by atoms with E-state index in [1.165, 1.54) is 0 Å². The molecule has 0 bridgehead atoms. The van der Waals surface area contributed by atoms with E-state index in [0.29, 0.717) is 28.5 Å². The Kier molecular flexibility index (Phi) is 6.52. The van der Waals surface area contributed by atoms with Gasteiger partial charge in [-0.2, -0.15) is 0 Å². The molecule has 0 aliphatic heterocycles. The number of halogens is 2. The fourth-order valence-electron chi connectivity index (χ4n) is 1.37. The van der Waals surface area contributed by atoms with E-state index in [2.05, 4.69) is 33.2 Å². The van der Waals surface area contributed by atoms with Crippen molar-refractivity contribution >= 4 is 33.4 Å². The molecule has 1 aromatic heterocycles. The minimum atomic E-state index is -0.143.